The third kappa shape index (κ3) is 11.0. The number of hydrogen-bond acceptors (Lipinski definition) is 7. The number of nitrogens with zero attached hydrogens (tertiary/aromatic N) is 1. The lowest BCUT2D eigenvalue weighted by atomic mass is 9.73. The molecule has 0 aliphatic carbocycles. The molecule has 238 valence electrons. The molecule has 0 radical (unpaired) electrons. The van der Waals surface area contributed by atoms with Gasteiger partial charge in [-0.1, -0.05) is 60.6 Å². The molecule has 1 heterocycles. The van der Waals surface area contributed by atoms with Gasteiger partial charge in [-0.25, -0.2) is 4.98 Å². The van der Waals surface area contributed by atoms with Gasteiger partial charge in [0.1, 0.15) is 11.9 Å². The van der Waals surface area contributed by atoms with Crippen molar-refractivity contribution in [1.29, 1.82) is 0 Å². The fourth-order valence-electron chi connectivity index (χ4n) is 4.73. The Kier molecular flexibility index (Phi) is 14.8. The number of hydrogen-bond donors (Lipinski definition) is 1. The number of carbonyl (C=O) groups excluding carboxylic acids is 2. The van der Waals surface area contributed by atoms with Crippen LogP contribution in [0.5, 0.6) is 0 Å². The summed E-state index contributed by atoms with van der Waals surface area (Å²) >= 11 is 1.57. The molecule has 0 aliphatic rings. The molecule has 0 amide bonds. The number of unbranched alkanes of at least 4 members (excludes halogenated alkanes) is 1. The highest BCUT2D eigenvalue weighted by molar-refractivity contribution is 7.09. The van der Waals surface area contributed by atoms with Crippen LogP contribution in [-0.2, 0) is 18.8 Å². The van der Waals surface area contributed by atoms with E-state index in [0.29, 0.717) is 6.42 Å². The van der Waals surface area contributed by atoms with Crippen LogP contribution in [0, 0.1) is 24.2 Å². The first kappa shape index (κ1) is 38.2. The van der Waals surface area contributed by atoms with Gasteiger partial charge < -0.3 is 14.3 Å². The number of aromatic nitrogens is 1. The lowest BCUT2D eigenvalue weighted by Crippen LogP contribution is -2.52. The molecular formula is C34H57NO5SSi. The van der Waals surface area contributed by atoms with E-state index in [1.165, 1.54) is 0 Å². The third-order valence-electron chi connectivity index (χ3n) is 8.79. The van der Waals surface area contributed by atoms with Gasteiger partial charge in [-0.2, -0.15) is 0 Å². The molecule has 1 aromatic rings. The number of rotatable bonds is 18. The quantitative estimate of drug-likeness (QED) is 0.0766. The molecule has 0 saturated heterocycles. The third-order valence-corrected chi connectivity index (χ3v) is 14.1. The molecule has 0 saturated carbocycles. The summed E-state index contributed by atoms with van der Waals surface area (Å²) in [5, 5.41) is 13.9. The maximum absolute atomic E-state index is 14.0. The SMILES string of the molecule is C=CCCC[C@H](C)[C@H](O)[C@@H](C)C(=O)C(C)(C)[C@H](CC(=O)OC(CC=C)C(C)=Cc1csc(C)n1)O[Si](C)(C)C(C)(C)C. The Bertz CT molecular complexity index is 1080. The van der Waals surface area contributed by atoms with E-state index in [-0.39, 0.29) is 23.2 Å². The summed E-state index contributed by atoms with van der Waals surface area (Å²) in [7, 11) is -2.39. The molecule has 1 unspecified atom stereocenters. The average Bonchev–Trinajstić information content (AvgIpc) is 3.29. The first-order valence-corrected chi connectivity index (χ1v) is 19.0. The zero-order valence-corrected chi connectivity index (χ0v) is 29.9. The first-order valence-electron chi connectivity index (χ1n) is 15.2. The summed E-state index contributed by atoms with van der Waals surface area (Å²) in [6, 6.07) is 0. The van der Waals surface area contributed by atoms with E-state index in [1.807, 2.05) is 52.2 Å². The van der Waals surface area contributed by atoms with Crippen LogP contribution in [0.3, 0.4) is 0 Å². The molecule has 6 nitrogen and oxygen atoms in total. The lowest BCUT2D eigenvalue weighted by Gasteiger charge is -2.44. The molecule has 0 spiro atoms. The average molecular weight is 620 g/mol. The van der Waals surface area contributed by atoms with Crippen molar-refractivity contribution in [3.8, 4) is 0 Å². The van der Waals surface area contributed by atoms with Gasteiger partial charge in [-0.3, -0.25) is 9.59 Å². The summed E-state index contributed by atoms with van der Waals surface area (Å²) in [6.07, 6.45) is 6.52. The van der Waals surface area contributed by atoms with Gasteiger partial charge in [0, 0.05) is 23.1 Å². The number of esters is 1. The molecule has 1 rings (SSSR count). The minimum Gasteiger partial charge on any atom is -0.457 e. The molecular weight excluding hydrogens is 563 g/mol. The van der Waals surface area contributed by atoms with E-state index >= 15 is 0 Å². The van der Waals surface area contributed by atoms with E-state index in [1.54, 1.807) is 24.3 Å². The summed E-state index contributed by atoms with van der Waals surface area (Å²) < 4.78 is 12.8. The van der Waals surface area contributed by atoms with Crippen LogP contribution in [0.15, 0.2) is 36.3 Å². The number of aliphatic hydroxyl groups is 1. The van der Waals surface area contributed by atoms with Crippen LogP contribution in [0.2, 0.25) is 18.1 Å². The second kappa shape index (κ2) is 16.3. The summed E-state index contributed by atoms with van der Waals surface area (Å²) in [5.41, 5.74) is 0.664. The lowest BCUT2D eigenvalue weighted by molar-refractivity contribution is -0.153. The van der Waals surface area contributed by atoms with Crippen LogP contribution in [-0.4, -0.2) is 48.5 Å². The van der Waals surface area contributed by atoms with Gasteiger partial charge in [-0.15, -0.1) is 24.5 Å². The van der Waals surface area contributed by atoms with E-state index in [2.05, 4.69) is 52.0 Å². The molecule has 5 atom stereocenters. The highest BCUT2D eigenvalue weighted by Crippen LogP contribution is 2.42. The van der Waals surface area contributed by atoms with Crippen molar-refractivity contribution in [3.63, 3.8) is 0 Å². The zero-order chi connectivity index (χ0) is 32.5. The van der Waals surface area contributed by atoms with Crippen LogP contribution < -0.4 is 0 Å². The molecule has 8 heteroatoms. The highest BCUT2D eigenvalue weighted by Gasteiger charge is 2.48. The van der Waals surface area contributed by atoms with Crippen LogP contribution in [0.4, 0.5) is 0 Å². The Morgan fingerprint density at radius 2 is 1.76 bits per heavy atom. The largest absolute Gasteiger partial charge is 0.457 e. The molecule has 1 N–H and O–H groups in total. The number of allylic oxidation sites excluding steroid dienone is 1. The number of ketones is 1. The van der Waals surface area contributed by atoms with E-state index < -0.39 is 43.9 Å². The number of aliphatic hydroxyl groups excluding tert-OH is 1. The Labute approximate surface area is 260 Å². The molecule has 0 fully saturated rings. The Morgan fingerprint density at radius 3 is 2.26 bits per heavy atom. The van der Waals surface area contributed by atoms with E-state index in [0.717, 1.165) is 35.5 Å². The number of thiazole rings is 1. The van der Waals surface area contributed by atoms with Gasteiger partial charge in [-0.05, 0) is 68.8 Å². The van der Waals surface area contributed by atoms with Crippen LogP contribution in [0.1, 0.15) is 98.2 Å². The highest BCUT2D eigenvalue weighted by atomic mass is 32.1. The van der Waals surface area contributed by atoms with Gasteiger partial charge in [0.15, 0.2) is 8.32 Å². The minimum atomic E-state index is -2.39. The monoisotopic (exact) mass is 619 g/mol. The molecule has 1 aromatic heterocycles. The van der Waals surface area contributed by atoms with Crippen molar-refractivity contribution in [2.75, 3.05) is 0 Å². The Morgan fingerprint density at radius 1 is 1.14 bits per heavy atom. The number of aryl methyl sites for hydroxylation is 1. The number of carbonyl (C=O) groups is 2. The van der Waals surface area contributed by atoms with E-state index in [9.17, 15) is 14.7 Å². The number of Topliss-reactive ketones (excluding diaryl/α,β-unsaturated/α-hetero) is 1. The summed E-state index contributed by atoms with van der Waals surface area (Å²) in [4.78, 5) is 32.0. The van der Waals surface area contributed by atoms with E-state index in [4.69, 9.17) is 9.16 Å². The predicted octanol–water partition coefficient (Wildman–Crippen LogP) is 8.71. The van der Waals surface area contributed by atoms with Crippen molar-refractivity contribution >= 4 is 37.5 Å². The Hall–Kier alpha value is -1.87. The van der Waals surface area contributed by atoms with Crippen molar-refractivity contribution in [3.05, 3.63) is 47.0 Å². The molecule has 0 aromatic carbocycles. The van der Waals surface area contributed by atoms with Crippen molar-refractivity contribution in [2.24, 2.45) is 17.3 Å². The first-order chi connectivity index (χ1) is 19.3. The fraction of sp³-hybridized carbons (Fsp3) is 0.676. The summed E-state index contributed by atoms with van der Waals surface area (Å²) in [5.74, 6) is -1.19. The van der Waals surface area contributed by atoms with Crippen molar-refractivity contribution < 1.29 is 23.9 Å². The Balaban J connectivity index is 3.28. The minimum absolute atomic E-state index is 0.0413. The topological polar surface area (TPSA) is 85.7 Å². The van der Waals surface area contributed by atoms with Crippen LogP contribution >= 0.6 is 11.3 Å². The molecule has 0 aliphatic heterocycles. The second-order valence-corrected chi connectivity index (χ2v) is 19.6. The predicted molar refractivity (Wildman–Crippen MR) is 179 cm³/mol. The van der Waals surface area contributed by atoms with Crippen molar-refractivity contribution in [2.45, 2.75) is 131 Å². The van der Waals surface area contributed by atoms with Crippen molar-refractivity contribution in [1.82, 2.24) is 4.98 Å². The van der Waals surface area contributed by atoms with Gasteiger partial charge >= 0.3 is 5.97 Å². The molecule has 42 heavy (non-hydrogen) atoms. The van der Waals surface area contributed by atoms with Gasteiger partial charge in [0.25, 0.3) is 0 Å². The van der Waals surface area contributed by atoms with Crippen LogP contribution in [0.25, 0.3) is 6.08 Å². The smallest absolute Gasteiger partial charge is 0.309 e. The zero-order valence-electron chi connectivity index (χ0n) is 28.1. The van der Waals surface area contributed by atoms with Gasteiger partial charge in [0.2, 0.25) is 0 Å². The fourth-order valence-corrected chi connectivity index (χ4v) is 6.75. The number of ether oxygens (including phenoxy) is 1. The van der Waals surface area contributed by atoms with Gasteiger partial charge in [0.05, 0.1) is 29.3 Å². The summed E-state index contributed by atoms with van der Waals surface area (Å²) in [6.45, 7) is 29.6. The standard InChI is InChI=1S/C34H57NO5SSi/c1-14-16-17-19-23(3)31(37)25(5)32(38)34(10,11)29(40-42(12,13)33(7,8)9)21-30(36)39-28(18-15-2)24(4)20-27-22-41-26(6)35-27/h14-15,20,22-23,25,28-29,31,37H,1-2,16-19,21H2,3-13H3/t23-,25+,28?,29-,31-/m0/s1. The second-order valence-electron chi connectivity index (χ2n) is 13.8. The molecule has 0 bridgehead atoms. The normalized spacial score (nSPS) is 16.7. The maximum atomic E-state index is 14.0. The maximum Gasteiger partial charge on any atom is 0.309 e.